The standard InChI is InChI=1S/C21H19ClN2O3S/c1-3-13-4-6-14(7-5-13)20-23-16(12-28-20)11-19(25)24-18-10-15(21(26)27-2)8-9-17(18)22/h4-10,12H,3,11H2,1-2H3,(H,24,25). The Morgan fingerprint density at radius 3 is 2.61 bits per heavy atom. The second-order valence-corrected chi connectivity index (χ2v) is 7.37. The minimum Gasteiger partial charge on any atom is -0.465 e. The van der Waals surface area contributed by atoms with Gasteiger partial charge in [0.05, 0.1) is 35.5 Å². The fraction of sp³-hybridized carbons (Fsp3) is 0.190. The Bertz CT molecular complexity index is 999. The molecule has 0 aliphatic rings. The summed E-state index contributed by atoms with van der Waals surface area (Å²) in [6, 6.07) is 12.8. The second-order valence-electron chi connectivity index (χ2n) is 6.11. The number of benzene rings is 2. The lowest BCUT2D eigenvalue weighted by Crippen LogP contribution is -2.15. The van der Waals surface area contributed by atoms with Crippen LogP contribution in [0.15, 0.2) is 47.8 Å². The van der Waals surface area contributed by atoms with Gasteiger partial charge in [-0.15, -0.1) is 11.3 Å². The topological polar surface area (TPSA) is 68.3 Å². The molecule has 2 aromatic carbocycles. The molecule has 5 nitrogen and oxygen atoms in total. The minimum atomic E-state index is -0.495. The van der Waals surface area contributed by atoms with E-state index < -0.39 is 5.97 Å². The first kappa shape index (κ1) is 20.0. The van der Waals surface area contributed by atoms with E-state index in [0.717, 1.165) is 17.0 Å². The number of halogens is 1. The van der Waals surface area contributed by atoms with Crippen LogP contribution >= 0.6 is 22.9 Å². The monoisotopic (exact) mass is 414 g/mol. The average Bonchev–Trinajstić information content (AvgIpc) is 3.17. The van der Waals surface area contributed by atoms with Gasteiger partial charge in [0.2, 0.25) is 5.91 Å². The first-order valence-corrected chi connectivity index (χ1v) is 9.97. The van der Waals surface area contributed by atoms with E-state index >= 15 is 0 Å². The van der Waals surface area contributed by atoms with Crippen molar-refractivity contribution in [2.75, 3.05) is 12.4 Å². The number of ether oxygens (including phenoxy) is 1. The molecule has 3 aromatic rings. The average molecular weight is 415 g/mol. The molecular formula is C21H19ClN2O3S. The van der Waals surface area contributed by atoms with Crippen LogP contribution in [0.1, 0.15) is 28.5 Å². The quantitative estimate of drug-likeness (QED) is 0.576. The third-order valence-corrected chi connectivity index (χ3v) is 5.43. The molecule has 1 aromatic heterocycles. The molecule has 0 aliphatic heterocycles. The van der Waals surface area contributed by atoms with E-state index in [1.807, 2.05) is 17.5 Å². The van der Waals surface area contributed by atoms with E-state index in [1.54, 1.807) is 12.1 Å². The molecule has 0 aliphatic carbocycles. The maximum Gasteiger partial charge on any atom is 0.337 e. The van der Waals surface area contributed by atoms with Crippen LogP contribution < -0.4 is 5.32 Å². The molecule has 1 heterocycles. The SMILES string of the molecule is CCc1ccc(-c2nc(CC(=O)Nc3cc(C(=O)OC)ccc3Cl)cs2)cc1. The Labute approximate surface area is 172 Å². The van der Waals surface area contributed by atoms with Gasteiger partial charge in [0, 0.05) is 10.9 Å². The van der Waals surface area contributed by atoms with Crippen LogP contribution in [0, 0.1) is 0 Å². The number of thiazole rings is 1. The maximum absolute atomic E-state index is 12.4. The fourth-order valence-electron chi connectivity index (χ4n) is 2.63. The molecule has 0 atom stereocenters. The maximum atomic E-state index is 12.4. The normalized spacial score (nSPS) is 10.5. The Kier molecular flexibility index (Phi) is 6.44. The van der Waals surface area contributed by atoms with E-state index in [1.165, 1.54) is 30.1 Å². The number of amides is 1. The molecule has 0 spiro atoms. The predicted octanol–water partition coefficient (Wildman–Crippen LogP) is 4.99. The number of carbonyl (C=O) groups excluding carboxylic acids is 2. The van der Waals surface area contributed by atoms with Crippen LogP contribution in [0.3, 0.4) is 0 Å². The number of anilines is 1. The summed E-state index contributed by atoms with van der Waals surface area (Å²) in [7, 11) is 1.30. The number of carbonyl (C=O) groups is 2. The number of methoxy groups -OCH3 is 1. The van der Waals surface area contributed by atoms with Gasteiger partial charge in [0.1, 0.15) is 5.01 Å². The highest BCUT2D eigenvalue weighted by Gasteiger charge is 2.13. The lowest BCUT2D eigenvalue weighted by Gasteiger charge is -2.08. The van der Waals surface area contributed by atoms with E-state index in [9.17, 15) is 9.59 Å². The van der Waals surface area contributed by atoms with Gasteiger partial charge in [0.25, 0.3) is 0 Å². The molecule has 0 bridgehead atoms. The van der Waals surface area contributed by atoms with Crippen molar-refractivity contribution in [2.24, 2.45) is 0 Å². The highest BCUT2D eigenvalue weighted by Crippen LogP contribution is 2.26. The van der Waals surface area contributed by atoms with Crippen LogP contribution in [0.5, 0.6) is 0 Å². The van der Waals surface area contributed by atoms with Gasteiger partial charge in [-0.25, -0.2) is 9.78 Å². The Balaban J connectivity index is 1.69. The summed E-state index contributed by atoms with van der Waals surface area (Å²) in [6.45, 7) is 2.11. The van der Waals surface area contributed by atoms with Gasteiger partial charge >= 0.3 is 5.97 Å². The largest absolute Gasteiger partial charge is 0.465 e. The van der Waals surface area contributed by atoms with Crippen molar-refractivity contribution in [3.05, 3.63) is 69.7 Å². The number of rotatable bonds is 6. The van der Waals surface area contributed by atoms with Crippen molar-refractivity contribution in [3.8, 4) is 10.6 Å². The van der Waals surface area contributed by atoms with Crippen molar-refractivity contribution in [1.29, 1.82) is 0 Å². The zero-order valence-corrected chi connectivity index (χ0v) is 17.1. The number of esters is 1. The minimum absolute atomic E-state index is 0.113. The Hall–Kier alpha value is -2.70. The van der Waals surface area contributed by atoms with Gasteiger partial charge in [0.15, 0.2) is 0 Å². The first-order chi connectivity index (χ1) is 13.5. The van der Waals surface area contributed by atoms with Crippen molar-refractivity contribution in [1.82, 2.24) is 4.98 Å². The van der Waals surface area contributed by atoms with Crippen molar-refractivity contribution >= 4 is 40.5 Å². The number of aromatic nitrogens is 1. The summed E-state index contributed by atoms with van der Waals surface area (Å²) in [6.07, 6.45) is 1.10. The molecule has 28 heavy (non-hydrogen) atoms. The summed E-state index contributed by atoms with van der Waals surface area (Å²) in [5.74, 6) is -0.757. The smallest absolute Gasteiger partial charge is 0.337 e. The van der Waals surface area contributed by atoms with Gasteiger partial charge < -0.3 is 10.1 Å². The Morgan fingerprint density at radius 2 is 1.93 bits per heavy atom. The zero-order chi connectivity index (χ0) is 20.1. The lowest BCUT2D eigenvalue weighted by atomic mass is 10.1. The number of nitrogens with zero attached hydrogens (tertiary/aromatic N) is 1. The lowest BCUT2D eigenvalue weighted by molar-refractivity contribution is -0.115. The summed E-state index contributed by atoms with van der Waals surface area (Å²) in [4.78, 5) is 28.6. The number of hydrogen-bond donors (Lipinski definition) is 1. The first-order valence-electron chi connectivity index (χ1n) is 8.71. The van der Waals surface area contributed by atoms with Crippen LogP contribution in [0.4, 0.5) is 5.69 Å². The molecule has 0 saturated heterocycles. The molecule has 0 radical (unpaired) electrons. The highest BCUT2D eigenvalue weighted by atomic mass is 35.5. The number of nitrogens with one attached hydrogen (secondary N) is 1. The van der Waals surface area contributed by atoms with Gasteiger partial charge in [-0.05, 0) is 30.2 Å². The van der Waals surface area contributed by atoms with Gasteiger partial charge in [-0.2, -0.15) is 0 Å². The summed E-state index contributed by atoms with van der Waals surface area (Å²) >= 11 is 7.62. The van der Waals surface area contributed by atoms with Crippen LogP contribution in [0.25, 0.3) is 10.6 Å². The van der Waals surface area contributed by atoms with E-state index in [2.05, 4.69) is 34.1 Å². The van der Waals surface area contributed by atoms with Crippen molar-refractivity contribution < 1.29 is 14.3 Å². The third-order valence-electron chi connectivity index (χ3n) is 4.16. The van der Waals surface area contributed by atoms with Crippen molar-refractivity contribution in [2.45, 2.75) is 19.8 Å². The number of aryl methyl sites for hydroxylation is 1. The van der Waals surface area contributed by atoms with E-state index in [4.69, 9.17) is 11.6 Å². The van der Waals surface area contributed by atoms with Crippen LogP contribution in [-0.2, 0) is 22.4 Å². The Morgan fingerprint density at radius 1 is 1.18 bits per heavy atom. The fourth-order valence-corrected chi connectivity index (χ4v) is 3.62. The highest BCUT2D eigenvalue weighted by molar-refractivity contribution is 7.13. The molecule has 0 fully saturated rings. The molecule has 1 N–H and O–H groups in total. The third kappa shape index (κ3) is 4.77. The van der Waals surface area contributed by atoms with Crippen LogP contribution in [0.2, 0.25) is 5.02 Å². The van der Waals surface area contributed by atoms with E-state index in [0.29, 0.717) is 22.0 Å². The summed E-state index contributed by atoms with van der Waals surface area (Å²) in [5, 5.41) is 5.81. The van der Waals surface area contributed by atoms with E-state index in [-0.39, 0.29) is 12.3 Å². The molecule has 7 heteroatoms. The summed E-state index contributed by atoms with van der Waals surface area (Å²) < 4.78 is 4.69. The molecule has 144 valence electrons. The number of hydrogen-bond acceptors (Lipinski definition) is 5. The van der Waals surface area contributed by atoms with Crippen molar-refractivity contribution in [3.63, 3.8) is 0 Å². The molecule has 0 unspecified atom stereocenters. The second kappa shape index (κ2) is 8.99. The molecular weight excluding hydrogens is 396 g/mol. The zero-order valence-electron chi connectivity index (χ0n) is 15.5. The summed E-state index contributed by atoms with van der Waals surface area (Å²) in [5.41, 5.74) is 3.65. The van der Waals surface area contributed by atoms with Crippen LogP contribution in [-0.4, -0.2) is 24.0 Å². The molecule has 0 saturated carbocycles. The molecule has 3 rings (SSSR count). The molecule has 1 amide bonds. The van der Waals surface area contributed by atoms with Gasteiger partial charge in [-0.3, -0.25) is 4.79 Å². The predicted molar refractivity (Wildman–Crippen MR) is 112 cm³/mol. The van der Waals surface area contributed by atoms with Gasteiger partial charge in [-0.1, -0.05) is 42.8 Å².